The monoisotopic (exact) mass is 546 g/mol. The van der Waals surface area contributed by atoms with Crippen LogP contribution in [-0.2, 0) is 6.54 Å². The van der Waals surface area contributed by atoms with E-state index in [0.717, 1.165) is 10.0 Å². The zero-order chi connectivity index (χ0) is 25.7. The Balaban J connectivity index is 1.87. The Morgan fingerprint density at radius 2 is 1.61 bits per heavy atom. The third kappa shape index (κ3) is 5.74. The number of halogens is 1. The van der Waals surface area contributed by atoms with Crippen LogP contribution in [0.3, 0.4) is 0 Å². The zero-order valence-corrected chi connectivity index (χ0v) is 22.5. The largest absolute Gasteiger partial charge is 0.327 e. The van der Waals surface area contributed by atoms with Crippen LogP contribution in [0.15, 0.2) is 88.1 Å². The van der Waals surface area contributed by atoms with E-state index in [1.165, 1.54) is 0 Å². The van der Waals surface area contributed by atoms with Crippen molar-refractivity contribution in [3.63, 3.8) is 0 Å². The number of para-hydroxylation sites is 1. The van der Waals surface area contributed by atoms with Crippen LogP contribution in [0.2, 0.25) is 0 Å². The van der Waals surface area contributed by atoms with Crippen LogP contribution in [0, 0.1) is 0 Å². The molecule has 0 fully saturated rings. The lowest BCUT2D eigenvalue weighted by molar-refractivity contribution is 0.0642. The number of carbonyl (C=O) groups is 1. The van der Waals surface area contributed by atoms with Gasteiger partial charge in [-0.15, -0.1) is 0 Å². The molecule has 6 nitrogen and oxygen atoms in total. The van der Waals surface area contributed by atoms with E-state index >= 15 is 0 Å². The van der Waals surface area contributed by atoms with Crippen molar-refractivity contribution in [2.24, 2.45) is 0 Å². The molecule has 0 bridgehead atoms. The first kappa shape index (κ1) is 25.8. The lowest BCUT2D eigenvalue weighted by atomic mass is 10.1. The quantitative estimate of drug-likeness (QED) is 0.283. The summed E-state index contributed by atoms with van der Waals surface area (Å²) in [5.41, 5.74) is 2.16. The van der Waals surface area contributed by atoms with Crippen molar-refractivity contribution in [3.05, 3.63) is 111 Å². The van der Waals surface area contributed by atoms with Gasteiger partial charge < -0.3 is 9.80 Å². The summed E-state index contributed by atoms with van der Waals surface area (Å²) in [4.78, 5) is 36.5. The van der Waals surface area contributed by atoms with Gasteiger partial charge in [0.1, 0.15) is 5.82 Å². The van der Waals surface area contributed by atoms with E-state index in [1.807, 2.05) is 105 Å². The minimum absolute atomic E-state index is 0.0788. The first-order chi connectivity index (χ1) is 17.4. The summed E-state index contributed by atoms with van der Waals surface area (Å²) in [6.45, 7) is 3.62. The number of hydrogen-bond donors (Lipinski definition) is 0. The van der Waals surface area contributed by atoms with Crippen LogP contribution < -0.4 is 5.56 Å². The molecule has 0 spiro atoms. The third-order valence-corrected chi connectivity index (χ3v) is 6.80. The van der Waals surface area contributed by atoms with Gasteiger partial charge in [0.2, 0.25) is 0 Å². The molecule has 36 heavy (non-hydrogen) atoms. The molecule has 3 aromatic carbocycles. The highest BCUT2D eigenvalue weighted by Crippen LogP contribution is 2.26. The smallest absolute Gasteiger partial charge is 0.261 e. The Kier molecular flexibility index (Phi) is 8.33. The number of hydrogen-bond acceptors (Lipinski definition) is 4. The highest BCUT2D eigenvalue weighted by molar-refractivity contribution is 9.10. The summed E-state index contributed by atoms with van der Waals surface area (Å²) in [6, 6.07) is 24.3. The Morgan fingerprint density at radius 1 is 0.944 bits per heavy atom. The molecule has 4 aromatic rings. The summed E-state index contributed by atoms with van der Waals surface area (Å²) in [7, 11) is 3.98. The van der Waals surface area contributed by atoms with Gasteiger partial charge in [0, 0.05) is 23.1 Å². The van der Waals surface area contributed by atoms with Crippen molar-refractivity contribution in [2.45, 2.75) is 25.9 Å². The fraction of sp³-hybridized carbons (Fsp3) is 0.276. The molecule has 1 amide bonds. The SMILES string of the molecule is CCC(c1nc2ccccc2c(=O)n1Cc1ccccc1)N(CCN(C)C)C(=O)c1ccc(Br)cc1. The molecule has 186 valence electrons. The summed E-state index contributed by atoms with van der Waals surface area (Å²) in [5.74, 6) is 0.527. The molecule has 1 atom stereocenters. The number of nitrogens with zero attached hydrogens (tertiary/aromatic N) is 4. The van der Waals surface area contributed by atoms with Gasteiger partial charge in [-0.25, -0.2) is 4.98 Å². The molecular formula is C29H31BrN4O2. The topological polar surface area (TPSA) is 58.4 Å². The van der Waals surface area contributed by atoms with E-state index in [0.29, 0.717) is 48.3 Å². The number of carbonyl (C=O) groups excluding carboxylic acids is 1. The molecule has 0 radical (unpaired) electrons. The molecule has 0 saturated heterocycles. The van der Waals surface area contributed by atoms with Crippen LogP contribution in [0.1, 0.15) is 41.1 Å². The molecular weight excluding hydrogens is 516 g/mol. The molecule has 1 unspecified atom stereocenters. The van der Waals surface area contributed by atoms with Gasteiger partial charge in [-0.05, 0) is 62.5 Å². The Labute approximate surface area is 220 Å². The predicted molar refractivity (Wildman–Crippen MR) is 148 cm³/mol. The van der Waals surface area contributed by atoms with Crippen molar-refractivity contribution in [3.8, 4) is 0 Å². The highest BCUT2D eigenvalue weighted by atomic mass is 79.9. The minimum atomic E-state index is -0.373. The van der Waals surface area contributed by atoms with E-state index in [9.17, 15) is 9.59 Å². The van der Waals surface area contributed by atoms with Crippen LogP contribution in [0.5, 0.6) is 0 Å². The number of likely N-dealkylation sites (N-methyl/N-ethyl adjacent to an activating group) is 1. The number of aromatic nitrogens is 2. The number of benzene rings is 3. The second kappa shape index (κ2) is 11.6. The molecule has 0 N–H and O–H groups in total. The van der Waals surface area contributed by atoms with E-state index in [1.54, 1.807) is 4.57 Å². The van der Waals surface area contributed by atoms with Crippen LogP contribution in [0.4, 0.5) is 0 Å². The molecule has 7 heteroatoms. The maximum atomic E-state index is 13.8. The molecule has 0 saturated carbocycles. The maximum Gasteiger partial charge on any atom is 0.261 e. The average Bonchev–Trinajstić information content (AvgIpc) is 2.89. The van der Waals surface area contributed by atoms with Gasteiger partial charge in [-0.1, -0.05) is 65.3 Å². The lowest BCUT2D eigenvalue weighted by Gasteiger charge is -2.33. The van der Waals surface area contributed by atoms with Crippen molar-refractivity contribution in [1.29, 1.82) is 0 Å². The zero-order valence-electron chi connectivity index (χ0n) is 20.9. The van der Waals surface area contributed by atoms with Crippen molar-refractivity contribution < 1.29 is 4.79 Å². The standard InChI is InChI=1S/C29H31BrN4O2/c1-4-26(33(19-18-32(2)3)28(35)22-14-16-23(30)17-15-22)27-31-25-13-9-8-12-24(25)29(36)34(27)20-21-10-6-5-7-11-21/h5-17,26H,4,18-20H2,1-3H3. The molecule has 4 rings (SSSR count). The van der Waals surface area contributed by atoms with E-state index in [-0.39, 0.29) is 17.5 Å². The van der Waals surface area contributed by atoms with Gasteiger partial charge in [0.15, 0.2) is 0 Å². The maximum absolute atomic E-state index is 13.8. The summed E-state index contributed by atoms with van der Waals surface area (Å²) < 4.78 is 2.66. The fourth-order valence-corrected chi connectivity index (χ4v) is 4.63. The average molecular weight is 547 g/mol. The van der Waals surface area contributed by atoms with Crippen molar-refractivity contribution in [1.82, 2.24) is 19.4 Å². The number of fused-ring (bicyclic) bond motifs is 1. The summed E-state index contributed by atoms with van der Waals surface area (Å²) in [5, 5.41) is 0.575. The van der Waals surface area contributed by atoms with Gasteiger partial charge in [0.25, 0.3) is 11.5 Å². The summed E-state index contributed by atoms with van der Waals surface area (Å²) >= 11 is 3.45. The second-order valence-electron chi connectivity index (χ2n) is 9.10. The molecule has 1 aromatic heterocycles. The van der Waals surface area contributed by atoms with Crippen LogP contribution in [-0.4, -0.2) is 52.4 Å². The van der Waals surface area contributed by atoms with Gasteiger partial charge in [-0.2, -0.15) is 0 Å². The van der Waals surface area contributed by atoms with Crippen LogP contribution >= 0.6 is 15.9 Å². The number of rotatable bonds is 9. The third-order valence-electron chi connectivity index (χ3n) is 6.28. The molecule has 0 aliphatic heterocycles. The van der Waals surface area contributed by atoms with Gasteiger partial charge >= 0.3 is 0 Å². The highest BCUT2D eigenvalue weighted by Gasteiger charge is 2.29. The van der Waals surface area contributed by atoms with Gasteiger partial charge in [-0.3, -0.25) is 14.2 Å². The fourth-order valence-electron chi connectivity index (χ4n) is 4.37. The Morgan fingerprint density at radius 3 is 2.28 bits per heavy atom. The van der Waals surface area contributed by atoms with Gasteiger partial charge in [0.05, 0.1) is 23.5 Å². The molecule has 0 aliphatic rings. The predicted octanol–water partition coefficient (Wildman–Crippen LogP) is 5.36. The van der Waals surface area contributed by atoms with Crippen molar-refractivity contribution >= 4 is 32.7 Å². The molecule has 0 aliphatic carbocycles. The lowest BCUT2D eigenvalue weighted by Crippen LogP contribution is -2.42. The number of amides is 1. The first-order valence-corrected chi connectivity index (χ1v) is 12.9. The second-order valence-corrected chi connectivity index (χ2v) is 10.0. The first-order valence-electron chi connectivity index (χ1n) is 12.1. The normalized spacial score (nSPS) is 12.1. The van der Waals surface area contributed by atoms with Crippen molar-refractivity contribution in [2.75, 3.05) is 27.2 Å². The Hall–Kier alpha value is -3.29. The van der Waals surface area contributed by atoms with Crippen LogP contribution in [0.25, 0.3) is 10.9 Å². The minimum Gasteiger partial charge on any atom is -0.327 e. The Bertz CT molecular complexity index is 1380. The van der Waals surface area contributed by atoms with E-state index < -0.39 is 0 Å². The summed E-state index contributed by atoms with van der Waals surface area (Å²) in [6.07, 6.45) is 0.620. The van der Waals surface area contributed by atoms with E-state index in [2.05, 4.69) is 20.8 Å². The molecule has 1 heterocycles. The van der Waals surface area contributed by atoms with E-state index in [4.69, 9.17) is 4.98 Å².